The number of anilines is 1. The fraction of sp³-hybridized carbons (Fsp3) is 0.378. The number of methoxy groups -OCH3 is 2. The number of carbonyl (C=O) groups is 2. The molecule has 2 aliphatic heterocycles. The number of benzene rings is 3. The molecule has 12 nitrogen and oxygen atoms in total. The number of piperazine rings is 1. The van der Waals surface area contributed by atoms with Gasteiger partial charge in [-0.1, -0.05) is 42.5 Å². The molecule has 0 spiro atoms. The van der Waals surface area contributed by atoms with Crippen LogP contribution < -0.4 is 19.1 Å². The molecule has 0 unspecified atom stereocenters. The van der Waals surface area contributed by atoms with E-state index in [-0.39, 0.29) is 29.4 Å². The van der Waals surface area contributed by atoms with E-state index < -0.39 is 16.1 Å². The Hall–Kier alpha value is -4.72. The Morgan fingerprint density at radius 3 is 2.26 bits per heavy atom. The minimum absolute atomic E-state index is 0.0645. The number of rotatable bonds is 13. The maximum absolute atomic E-state index is 14.4. The van der Waals surface area contributed by atoms with Crippen molar-refractivity contribution < 1.29 is 27.5 Å². The summed E-state index contributed by atoms with van der Waals surface area (Å²) in [7, 11) is 0.890. The van der Waals surface area contributed by atoms with Crippen LogP contribution >= 0.6 is 0 Å². The van der Waals surface area contributed by atoms with Gasteiger partial charge in [-0.05, 0) is 62.1 Å². The number of imide groups is 1. The van der Waals surface area contributed by atoms with Crippen LogP contribution in [0.5, 0.6) is 11.5 Å². The molecule has 1 fully saturated rings. The van der Waals surface area contributed by atoms with Crippen LogP contribution in [0.2, 0.25) is 0 Å². The zero-order valence-electron chi connectivity index (χ0n) is 29.1. The second-order valence-corrected chi connectivity index (χ2v) is 14.4. The number of amides is 2. The first-order chi connectivity index (χ1) is 24.1. The largest absolute Gasteiger partial charge is 0.493 e. The summed E-state index contributed by atoms with van der Waals surface area (Å²) in [5.41, 5.74) is 3.46. The van der Waals surface area contributed by atoms with Gasteiger partial charge < -0.3 is 18.9 Å². The van der Waals surface area contributed by atoms with Crippen LogP contribution in [0.3, 0.4) is 0 Å². The molecule has 0 saturated carbocycles. The summed E-state index contributed by atoms with van der Waals surface area (Å²) in [6, 6.07) is 20.8. The van der Waals surface area contributed by atoms with Crippen molar-refractivity contribution in [3.8, 4) is 11.5 Å². The molecule has 264 valence electrons. The minimum atomic E-state index is -3.82. The third kappa shape index (κ3) is 6.72. The number of aromatic nitrogens is 2. The number of imidazole rings is 1. The molecular weight excluding hydrogens is 657 g/mol. The molecule has 1 N–H and O–H groups in total. The van der Waals surface area contributed by atoms with Crippen molar-refractivity contribution in [1.82, 2.24) is 24.1 Å². The average molecular weight is 701 g/mol. The van der Waals surface area contributed by atoms with Gasteiger partial charge in [0.1, 0.15) is 5.82 Å². The summed E-state index contributed by atoms with van der Waals surface area (Å²) in [6.07, 6.45) is 1.97. The number of nitrogens with zero attached hydrogens (tertiary/aromatic N) is 5. The van der Waals surface area contributed by atoms with E-state index in [2.05, 4.69) is 50.7 Å². The Labute approximate surface area is 293 Å². The number of nitrogens with one attached hydrogen (secondary N) is 1. The zero-order chi connectivity index (χ0) is 35.6. The molecular formula is C37H44N6O6S. The van der Waals surface area contributed by atoms with E-state index >= 15 is 0 Å². The highest BCUT2D eigenvalue weighted by molar-refractivity contribution is 7.89. The lowest BCUT2D eigenvalue weighted by molar-refractivity contribution is 0.0572. The maximum atomic E-state index is 14.4. The minimum Gasteiger partial charge on any atom is -0.493 e. The van der Waals surface area contributed by atoms with Crippen molar-refractivity contribution in [2.24, 2.45) is 7.05 Å². The second-order valence-electron chi connectivity index (χ2n) is 12.7. The molecule has 50 heavy (non-hydrogen) atoms. The maximum Gasteiger partial charge on any atom is 0.264 e. The van der Waals surface area contributed by atoms with E-state index in [1.54, 1.807) is 39.3 Å². The van der Waals surface area contributed by atoms with Gasteiger partial charge in [-0.25, -0.2) is 18.1 Å². The molecule has 13 heteroatoms. The van der Waals surface area contributed by atoms with Crippen molar-refractivity contribution in [2.45, 2.75) is 43.8 Å². The molecule has 2 atom stereocenters. The summed E-state index contributed by atoms with van der Waals surface area (Å²) >= 11 is 0. The van der Waals surface area contributed by atoms with Gasteiger partial charge >= 0.3 is 0 Å². The van der Waals surface area contributed by atoms with Gasteiger partial charge in [-0.15, -0.1) is 0 Å². The van der Waals surface area contributed by atoms with Crippen LogP contribution in [0.15, 0.2) is 78.0 Å². The predicted molar refractivity (Wildman–Crippen MR) is 190 cm³/mol. The van der Waals surface area contributed by atoms with Gasteiger partial charge in [0.15, 0.2) is 16.5 Å². The summed E-state index contributed by atoms with van der Waals surface area (Å²) in [6.45, 7) is 7.09. The molecule has 6 rings (SSSR count). The first-order valence-corrected chi connectivity index (χ1v) is 18.3. The van der Waals surface area contributed by atoms with Crippen LogP contribution in [0.4, 0.5) is 5.69 Å². The summed E-state index contributed by atoms with van der Waals surface area (Å²) < 4.78 is 41.2. The first kappa shape index (κ1) is 35.1. The number of aryl methyl sites for hydroxylation is 1. The predicted octanol–water partition coefficient (Wildman–Crippen LogP) is 4.72. The molecule has 2 amide bonds. The van der Waals surface area contributed by atoms with Crippen molar-refractivity contribution >= 4 is 27.5 Å². The van der Waals surface area contributed by atoms with Gasteiger partial charge in [0.05, 0.1) is 43.3 Å². The van der Waals surface area contributed by atoms with Gasteiger partial charge in [0, 0.05) is 45.8 Å². The van der Waals surface area contributed by atoms with Crippen LogP contribution in [-0.2, 0) is 17.1 Å². The van der Waals surface area contributed by atoms with Gasteiger partial charge in [-0.2, -0.15) is 0 Å². The third-order valence-electron chi connectivity index (χ3n) is 9.91. The Balaban J connectivity index is 1.24. The zero-order valence-corrected chi connectivity index (χ0v) is 29.9. The molecule has 0 aliphatic carbocycles. The Kier molecular flexibility index (Phi) is 10.3. The number of sulfonamides is 1. The van der Waals surface area contributed by atoms with E-state index in [0.717, 1.165) is 18.8 Å². The molecule has 0 bridgehead atoms. The smallest absolute Gasteiger partial charge is 0.264 e. The molecule has 1 saturated heterocycles. The van der Waals surface area contributed by atoms with Crippen LogP contribution in [0.1, 0.15) is 69.5 Å². The number of carbonyl (C=O) groups excluding carboxylic acids is 2. The number of fused-ring (bicyclic) bond motifs is 1. The average Bonchev–Trinajstić information content (AvgIpc) is 3.62. The molecule has 4 aromatic rings. The topological polar surface area (TPSA) is 126 Å². The fourth-order valence-corrected chi connectivity index (χ4v) is 8.18. The lowest BCUT2D eigenvalue weighted by Crippen LogP contribution is -2.47. The lowest BCUT2D eigenvalue weighted by atomic mass is 9.99. The highest BCUT2D eigenvalue weighted by Crippen LogP contribution is 2.40. The van der Waals surface area contributed by atoms with Gasteiger partial charge in [0.25, 0.3) is 21.8 Å². The van der Waals surface area contributed by atoms with Gasteiger partial charge in [0.2, 0.25) is 0 Å². The van der Waals surface area contributed by atoms with E-state index in [1.165, 1.54) is 28.3 Å². The van der Waals surface area contributed by atoms with Crippen LogP contribution in [-0.4, -0.2) is 86.5 Å². The van der Waals surface area contributed by atoms with Crippen LogP contribution in [0.25, 0.3) is 0 Å². The fourth-order valence-electron chi connectivity index (χ4n) is 6.94. The molecule has 3 heterocycles. The van der Waals surface area contributed by atoms with Gasteiger partial charge in [-0.3, -0.25) is 19.4 Å². The number of ether oxygens (including phenoxy) is 2. The monoisotopic (exact) mass is 700 g/mol. The van der Waals surface area contributed by atoms with E-state index in [4.69, 9.17) is 9.47 Å². The number of hydrogen-bond donors (Lipinski definition) is 1. The lowest BCUT2D eigenvalue weighted by Gasteiger charge is -2.39. The standard InChI is InChI=1S/C37H44N6O6S/c1-25(27-11-7-6-8-12-27)41-19-21-42(22-20-41)31-14-9-13-29-35(31)37(45)43(36(29)44)30(28-16-17-32(48-4)33(23-28)49-5)15-10-18-39-50(46,47)34-24-38-26(2)40(34)3/h6-9,11-14,16-17,23-25,30,39H,10,15,18-22H2,1-5H3/t25-,30-/m1/s1. The highest BCUT2D eigenvalue weighted by atomic mass is 32.2. The van der Waals surface area contributed by atoms with Crippen molar-refractivity contribution in [1.29, 1.82) is 0 Å². The normalized spacial score (nSPS) is 16.4. The Morgan fingerprint density at radius 1 is 0.880 bits per heavy atom. The number of hydrogen-bond acceptors (Lipinski definition) is 9. The highest BCUT2D eigenvalue weighted by Gasteiger charge is 2.43. The molecule has 1 aromatic heterocycles. The SMILES string of the molecule is COc1ccc([C@@H](CCCNS(=O)(=O)c2cnc(C)n2C)N2C(=O)c3cccc(N4CCN([C@H](C)c5ccccc5)CC4)c3C2=O)cc1OC. The summed E-state index contributed by atoms with van der Waals surface area (Å²) in [5.74, 6) is 0.801. The van der Waals surface area contributed by atoms with Crippen LogP contribution in [0, 0.1) is 6.92 Å². The van der Waals surface area contributed by atoms with Crippen molar-refractivity contribution in [2.75, 3.05) is 51.8 Å². The van der Waals surface area contributed by atoms with Crippen molar-refractivity contribution in [3.63, 3.8) is 0 Å². The quantitative estimate of drug-likeness (QED) is 0.156. The Bertz CT molecular complexity index is 1970. The first-order valence-electron chi connectivity index (χ1n) is 16.8. The van der Waals surface area contributed by atoms with E-state index in [9.17, 15) is 18.0 Å². The second kappa shape index (κ2) is 14.6. The molecule has 0 radical (unpaired) electrons. The van der Waals surface area contributed by atoms with E-state index in [1.807, 2.05) is 24.3 Å². The summed E-state index contributed by atoms with van der Waals surface area (Å²) in [4.78, 5) is 38.6. The third-order valence-corrected chi connectivity index (χ3v) is 11.4. The molecule has 3 aromatic carbocycles. The molecule has 2 aliphatic rings. The van der Waals surface area contributed by atoms with Crippen molar-refractivity contribution in [3.05, 3.63) is 101 Å². The van der Waals surface area contributed by atoms with E-state index in [0.29, 0.717) is 59.9 Å². The Morgan fingerprint density at radius 2 is 1.60 bits per heavy atom. The summed E-state index contributed by atoms with van der Waals surface area (Å²) in [5, 5.41) is 0.0645.